The molecule has 3 aliphatic rings. The first-order valence-corrected chi connectivity index (χ1v) is 6.40. The van der Waals surface area contributed by atoms with Gasteiger partial charge >= 0.3 is 5.97 Å². The summed E-state index contributed by atoms with van der Waals surface area (Å²) >= 11 is 0. The van der Waals surface area contributed by atoms with Crippen LogP contribution in [0.5, 0.6) is 0 Å². The van der Waals surface area contributed by atoms with Gasteiger partial charge in [-0.05, 0) is 23.5 Å². The largest absolute Gasteiger partial charge is 0.458 e. The Balaban J connectivity index is 2.07. The molecule has 1 aliphatic heterocycles. The molecule has 1 heterocycles. The molecular formula is C15H16O4. The molecule has 4 heteroatoms. The van der Waals surface area contributed by atoms with E-state index in [0.29, 0.717) is 29.6 Å². The topological polar surface area (TPSA) is 63.6 Å². The number of rotatable bonds is 0. The Hall–Kier alpha value is -1.68. The molecule has 0 bridgehead atoms. The zero-order valence-corrected chi connectivity index (χ0v) is 10.6. The van der Waals surface area contributed by atoms with E-state index >= 15 is 0 Å². The molecular weight excluding hydrogens is 244 g/mol. The van der Waals surface area contributed by atoms with Crippen molar-refractivity contribution >= 4 is 11.8 Å². The van der Waals surface area contributed by atoms with E-state index < -0.39 is 18.2 Å². The molecule has 0 unspecified atom stereocenters. The predicted molar refractivity (Wildman–Crippen MR) is 68.0 cm³/mol. The second-order valence-electron chi connectivity index (χ2n) is 5.61. The Kier molecular flexibility index (Phi) is 2.54. The van der Waals surface area contributed by atoms with E-state index in [1.165, 1.54) is 0 Å². The zero-order chi connectivity index (χ0) is 13.9. The second kappa shape index (κ2) is 3.90. The lowest BCUT2D eigenvalue weighted by Crippen LogP contribution is -2.28. The van der Waals surface area contributed by atoms with Gasteiger partial charge in [0.15, 0.2) is 5.78 Å². The van der Waals surface area contributed by atoms with Crippen molar-refractivity contribution in [3.8, 4) is 0 Å². The van der Waals surface area contributed by atoms with Gasteiger partial charge in [0.25, 0.3) is 0 Å². The first kappa shape index (κ1) is 12.4. The lowest BCUT2D eigenvalue weighted by atomic mass is 9.82. The van der Waals surface area contributed by atoms with Crippen molar-refractivity contribution in [1.29, 1.82) is 0 Å². The fraction of sp³-hybridized carbons (Fsp3) is 0.467. The minimum Gasteiger partial charge on any atom is -0.458 e. The molecule has 0 aromatic heterocycles. The number of ether oxygens (including phenoxy) is 1. The van der Waals surface area contributed by atoms with Gasteiger partial charge in [-0.2, -0.15) is 0 Å². The van der Waals surface area contributed by atoms with Crippen molar-refractivity contribution in [3.63, 3.8) is 0 Å². The van der Waals surface area contributed by atoms with E-state index in [-0.39, 0.29) is 23.5 Å². The monoisotopic (exact) mass is 260 g/mol. The van der Waals surface area contributed by atoms with Gasteiger partial charge in [-0.1, -0.05) is 19.7 Å². The summed E-state index contributed by atoms with van der Waals surface area (Å²) in [5.41, 5.74) is 1.51. The molecule has 0 spiro atoms. The normalized spacial score (nSPS) is 41.9. The molecule has 5 atom stereocenters. The number of fused-ring (bicyclic) bond motifs is 3. The van der Waals surface area contributed by atoms with Crippen LogP contribution in [-0.4, -0.2) is 29.1 Å². The SMILES string of the molecule is C=C1C(=O)C[C@@H]2C(=C)[C@H](O)C[C@H]3C(=C)C(=O)O[C@@H]3[C@@H]12. The molecule has 3 rings (SSSR count). The van der Waals surface area contributed by atoms with Crippen molar-refractivity contribution < 1.29 is 19.4 Å². The number of carbonyl (C=O) groups excluding carboxylic acids is 2. The van der Waals surface area contributed by atoms with Gasteiger partial charge in [0.05, 0.1) is 6.10 Å². The summed E-state index contributed by atoms with van der Waals surface area (Å²) in [4.78, 5) is 23.5. The van der Waals surface area contributed by atoms with Crippen LogP contribution in [0.15, 0.2) is 36.5 Å². The fourth-order valence-corrected chi connectivity index (χ4v) is 3.55. The van der Waals surface area contributed by atoms with Crippen LogP contribution >= 0.6 is 0 Å². The number of hydrogen-bond acceptors (Lipinski definition) is 4. The molecule has 100 valence electrons. The summed E-state index contributed by atoms with van der Waals surface area (Å²) in [6.45, 7) is 11.5. The van der Waals surface area contributed by atoms with Crippen molar-refractivity contribution in [2.45, 2.75) is 25.0 Å². The van der Waals surface area contributed by atoms with Crippen LogP contribution in [0, 0.1) is 17.8 Å². The van der Waals surface area contributed by atoms with E-state index in [4.69, 9.17) is 4.74 Å². The smallest absolute Gasteiger partial charge is 0.334 e. The third kappa shape index (κ3) is 1.56. The number of ketones is 1. The van der Waals surface area contributed by atoms with Gasteiger partial charge in [0.2, 0.25) is 0 Å². The molecule has 1 N–H and O–H groups in total. The number of carbonyl (C=O) groups is 2. The summed E-state index contributed by atoms with van der Waals surface area (Å²) < 4.78 is 5.38. The maximum absolute atomic E-state index is 11.9. The molecule has 0 aromatic rings. The van der Waals surface area contributed by atoms with Crippen LogP contribution in [-0.2, 0) is 14.3 Å². The number of hydrogen-bond donors (Lipinski definition) is 1. The van der Waals surface area contributed by atoms with Crippen LogP contribution in [0.4, 0.5) is 0 Å². The average molecular weight is 260 g/mol. The third-order valence-corrected chi connectivity index (χ3v) is 4.68. The molecule has 19 heavy (non-hydrogen) atoms. The van der Waals surface area contributed by atoms with Crippen LogP contribution in [0.1, 0.15) is 12.8 Å². The molecule has 0 radical (unpaired) electrons. The Bertz CT molecular complexity index is 530. The van der Waals surface area contributed by atoms with E-state index in [2.05, 4.69) is 19.7 Å². The van der Waals surface area contributed by atoms with E-state index in [9.17, 15) is 14.7 Å². The average Bonchev–Trinajstić information content (AvgIpc) is 2.77. The number of aliphatic hydroxyl groups excluding tert-OH is 1. The summed E-state index contributed by atoms with van der Waals surface area (Å²) in [5, 5.41) is 10.2. The Morgan fingerprint density at radius 2 is 1.79 bits per heavy atom. The molecule has 2 saturated carbocycles. The van der Waals surface area contributed by atoms with Crippen LogP contribution in [0.25, 0.3) is 0 Å². The Morgan fingerprint density at radius 1 is 1.11 bits per heavy atom. The number of Topliss-reactive ketones (excluding diaryl/α,β-unsaturated/α-hetero) is 1. The minimum atomic E-state index is -0.729. The number of esters is 1. The molecule has 0 amide bonds. The Morgan fingerprint density at radius 3 is 2.47 bits per heavy atom. The Labute approximate surface area is 111 Å². The van der Waals surface area contributed by atoms with Gasteiger partial charge < -0.3 is 9.84 Å². The molecule has 1 saturated heterocycles. The highest BCUT2D eigenvalue weighted by Gasteiger charge is 2.54. The predicted octanol–water partition coefficient (Wildman–Crippen LogP) is 1.17. The summed E-state index contributed by atoms with van der Waals surface area (Å²) in [6.07, 6.45) is -0.486. The highest BCUT2D eigenvalue weighted by Crippen LogP contribution is 2.50. The lowest BCUT2D eigenvalue weighted by Gasteiger charge is -2.25. The summed E-state index contributed by atoms with van der Waals surface area (Å²) in [5.74, 6) is -1.15. The third-order valence-electron chi connectivity index (χ3n) is 4.68. The summed E-state index contributed by atoms with van der Waals surface area (Å²) in [7, 11) is 0. The van der Waals surface area contributed by atoms with Crippen LogP contribution in [0.3, 0.4) is 0 Å². The van der Waals surface area contributed by atoms with Gasteiger partial charge in [0.1, 0.15) is 6.10 Å². The van der Waals surface area contributed by atoms with E-state index in [0.717, 1.165) is 0 Å². The van der Waals surface area contributed by atoms with Gasteiger partial charge in [0, 0.05) is 23.8 Å². The summed E-state index contributed by atoms with van der Waals surface area (Å²) in [6, 6.07) is 0. The highest BCUT2D eigenvalue weighted by molar-refractivity contribution is 5.99. The number of aliphatic hydroxyl groups is 1. The maximum Gasteiger partial charge on any atom is 0.334 e. The zero-order valence-electron chi connectivity index (χ0n) is 10.6. The van der Waals surface area contributed by atoms with Gasteiger partial charge in [-0.15, -0.1) is 0 Å². The van der Waals surface area contributed by atoms with Crippen molar-refractivity contribution in [2.24, 2.45) is 17.8 Å². The molecule has 0 aromatic carbocycles. The standard InChI is InChI=1S/C15H16O4/c1-6-9-4-12(17)8(3)13(9)14-10(5-11(6)16)7(2)15(18)19-14/h9-11,13-14,16H,1-5H2/t9-,10+,11-,13+,14+/m1/s1. The first-order valence-electron chi connectivity index (χ1n) is 6.40. The van der Waals surface area contributed by atoms with Crippen LogP contribution < -0.4 is 0 Å². The fourth-order valence-electron chi connectivity index (χ4n) is 3.55. The van der Waals surface area contributed by atoms with E-state index in [1.54, 1.807) is 0 Å². The first-order chi connectivity index (χ1) is 8.91. The highest BCUT2D eigenvalue weighted by atomic mass is 16.6. The maximum atomic E-state index is 11.9. The van der Waals surface area contributed by atoms with Crippen molar-refractivity contribution in [3.05, 3.63) is 36.5 Å². The van der Waals surface area contributed by atoms with Crippen molar-refractivity contribution in [2.75, 3.05) is 0 Å². The molecule has 4 nitrogen and oxygen atoms in total. The molecule has 3 fully saturated rings. The second-order valence-corrected chi connectivity index (χ2v) is 5.61. The van der Waals surface area contributed by atoms with Crippen LogP contribution in [0.2, 0.25) is 0 Å². The quantitative estimate of drug-likeness (QED) is 0.403. The van der Waals surface area contributed by atoms with Gasteiger partial charge in [-0.3, -0.25) is 4.79 Å². The molecule has 2 aliphatic carbocycles. The van der Waals surface area contributed by atoms with E-state index in [1.807, 2.05) is 0 Å². The minimum absolute atomic E-state index is 0.0300. The van der Waals surface area contributed by atoms with Gasteiger partial charge in [-0.25, -0.2) is 4.79 Å². The lowest BCUT2D eigenvalue weighted by molar-refractivity contribution is -0.141. The van der Waals surface area contributed by atoms with Crippen molar-refractivity contribution in [1.82, 2.24) is 0 Å².